The van der Waals surface area contributed by atoms with Gasteiger partial charge < -0.3 is 9.69 Å². The van der Waals surface area contributed by atoms with Gasteiger partial charge in [-0.25, -0.2) is 0 Å². The molecule has 8 heteroatoms. The second-order valence-electron chi connectivity index (χ2n) is 5.04. The standard InChI is InChI=1S/C11H17NO3.C5H7NO3/c1-12(11(15)7-6-10-14)8-4-2-3-5-9-13;1-9-6-4(7)2-3-5(6)8/h6-7,9-10H,2-5,8H2,1H3;2-3H2,1H3/b7-6-;. The molecule has 0 unspecified atom stereocenters. The highest BCUT2D eigenvalue weighted by atomic mass is 16.7. The molecular formula is C16H24N2O6. The van der Waals surface area contributed by atoms with Gasteiger partial charge in [0.05, 0.1) is 7.11 Å². The van der Waals surface area contributed by atoms with Gasteiger partial charge in [0.2, 0.25) is 5.91 Å². The van der Waals surface area contributed by atoms with Gasteiger partial charge in [-0.15, -0.1) is 0 Å². The van der Waals surface area contributed by atoms with Crippen LogP contribution in [0.5, 0.6) is 0 Å². The molecular weight excluding hydrogens is 316 g/mol. The van der Waals surface area contributed by atoms with E-state index in [-0.39, 0.29) is 30.6 Å². The molecule has 0 N–H and O–H groups in total. The van der Waals surface area contributed by atoms with E-state index in [0.717, 1.165) is 30.6 Å². The summed E-state index contributed by atoms with van der Waals surface area (Å²) in [6.07, 6.45) is 7.76. The molecule has 0 aromatic rings. The van der Waals surface area contributed by atoms with E-state index >= 15 is 0 Å². The Hall–Kier alpha value is -2.35. The van der Waals surface area contributed by atoms with Crippen molar-refractivity contribution >= 4 is 30.3 Å². The van der Waals surface area contributed by atoms with E-state index in [1.54, 1.807) is 11.9 Å². The number of carbonyl (C=O) groups is 5. The lowest BCUT2D eigenvalue weighted by molar-refractivity contribution is -0.179. The van der Waals surface area contributed by atoms with Crippen molar-refractivity contribution in [2.45, 2.75) is 38.5 Å². The zero-order chi connectivity index (χ0) is 18.4. The van der Waals surface area contributed by atoms with Gasteiger partial charge in [0, 0.05) is 38.9 Å². The average Bonchev–Trinajstić information content (AvgIpc) is 2.90. The molecule has 0 spiro atoms. The summed E-state index contributed by atoms with van der Waals surface area (Å²) in [6.45, 7) is 0.654. The molecule has 0 atom stereocenters. The quantitative estimate of drug-likeness (QED) is 0.264. The molecule has 0 aliphatic carbocycles. The summed E-state index contributed by atoms with van der Waals surface area (Å²) in [5.74, 6) is -0.664. The first-order chi connectivity index (χ1) is 11.5. The number of likely N-dealkylation sites (N-methyl/N-ethyl adjacent to an activating group) is 1. The fourth-order valence-corrected chi connectivity index (χ4v) is 1.87. The Labute approximate surface area is 141 Å². The average molecular weight is 340 g/mol. The molecule has 1 saturated heterocycles. The molecule has 134 valence electrons. The van der Waals surface area contributed by atoms with Gasteiger partial charge in [-0.3, -0.25) is 24.0 Å². The van der Waals surface area contributed by atoms with Crippen LogP contribution in [0.3, 0.4) is 0 Å². The zero-order valence-corrected chi connectivity index (χ0v) is 14.1. The summed E-state index contributed by atoms with van der Waals surface area (Å²) >= 11 is 0. The minimum Gasteiger partial charge on any atom is -0.342 e. The van der Waals surface area contributed by atoms with Crippen molar-refractivity contribution in [3.05, 3.63) is 12.2 Å². The van der Waals surface area contributed by atoms with Crippen molar-refractivity contribution in [2.24, 2.45) is 0 Å². The zero-order valence-electron chi connectivity index (χ0n) is 14.1. The maximum atomic E-state index is 11.2. The summed E-state index contributed by atoms with van der Waals surface area (Å²) < 4.78 is 0. The van der Waals surface area contributed by atoms with Crippen LogP contribution in [0.25, 0.3) is 0 Å². The van der Waals surface area contributed by atoms with Gasteiger partial charge in [0.15, 0.2) is 0 Å². The number of imide groups is 1. The van der Waals surface area contributed by atoms with E-state index in [0.29, 0.717) is 19.3 Å². The summed E-state index contributed by atoms with van der Waals surface area (Å²) in [4.78, 5) is 58.5. The van der Waals surface area contributed by atoms with Crippen molar-refractivity contribution in [1.82, 2.24) is 9.96 Å². The molecule has 1 fully saturated rings. The van der Waals surface area contributed by atoms with E-state index in [9.17, 15) is 24.0 Å². The van der Waals surface area contributed by atoms with Gasteiger partial charge in [-0.05, 0) is 18.9 Å². The van der Waals surface area contributed by atoms with Crippen molar-refractivity contribution in [2.75, 3.05) is 20.7 Å². The number of aldehydes is 2. The fraction of sp³-hybridized carbons (Fsp3) is 0.562. The Morgan fingerprint density at radius 1 is 1.17 bits per heavy atom. The lowest BCUT2D eigenvalue weighted by atomic mass is 10.2. The first-order valence-electron chi connectivity index (χ1n) is 7.68. The molecule has 0 radical (unpaired) electrons. The van der Waals surface area contributed by atoms with E-state index in [1.165, 1.54) is 19.3 Å². The van der Waals surface area contributed by atoms with Crippen LogP contribution in [-0.2, 0) is 28.8 Å². The molecule has 0 aromatic carbocycles. The molecule has 1 heterocycles. The molecule has 3 amide bonds. The lowest BCUT2D eigenvalue weighted by Gasteiger charge is -2.14. The maximum absolute atomic E-state index is 11.2. The van der Waals surface area contributed by atoms with Crippen molar-refractivity contribution < 1.29 is 28.8 Å². The van der Waals surface area contributed by atoms with E-state index < -0.39 is 0 Å². The smallest absolute Gasteiger partial charge is 0.253 e. The number of unbranched alkanes of at least 4 members (excludes halogenated alkanes) is 3. The number of hydroxylamine groups is 2. The van der Waals surface area contributed by atoms with Crippen molar-refractivity contribution in [3.63, 3.8) is 0 Å². The monoisotopic (exact) mass is 340 g/mol. The normalized spacial score (nSPS) is 13.7. The topological polar surface area (TPSA) is 101 Å². The van der Waals surface area contributed by atoms with Crippen LogP contribution in [-0.4, -0.2) is 61.0 Å². The van der Waals surface area contributed by atoms with Crippen LogP contribution in [0.2, 0.25) is 0 Å². The van der Waals surface area contributed by atoms with Crippen molar-refractivity contribution in [3.8, 4) is 0 Å². The van der Waals surface area contributed by atoms with Gasteiger partial charge >= 0.3 is 0 Å². The van der Waals surface area contributed by atoms with E-state index in [2.05, 4.69) is 4.84 Å². The van der Waals surface area contributed by atoms with Gasteiger partial charge in [-0.1, -0.05) is 6.42 Å². The van der Waals surface area contributed by atoms with Gasteiger partial charge in [-0.2, -0.15) is 5.06 Å². The summed E-state index contributed by atoms with van der Waals surface area (Å²) in [6, 6.07) is 0. The Balaban J connectivity index is 0.000000496. The number of amides is 3. The molecule has 0 bridgehead atoms. The number of hydrogen-bond acceptors (Lipinski definition) is 6. The predicted octanol–water partition coefficient (Wildman–Crippen LogP) is 0.656. The largest absolute Gasteiger partial charge is 0.342 e. The molecule has 1 aliphatic rings. The lowest BCUT2D eigenvalue weighted by Crippen LogP contribution is -2.27. The van der Waals surface area contributed by atoms with Crippen LogP contribution in [0, 0.1) is 0 Å². The third kappa shape index (κ3) is 8.94. The second-order valence-corrected chi connectivity index (χ2v) is 5.04. The molecule has 0 aromatic heterocycles. The summed E-state index contributed by atoms with van der Waals surface area (Å²) in [5, 5.41) is 0.792. The minimum absolute atomic E-state index is 0.169. The number of nitrogens with zero attached hydrogens (tertiary/aromatic N) is 2. The number of carbonyl (C=O) groups excluding carboxylic acids is 5. The van der Waals surface area contributed by atoms with Crippen LogP contribution in [0.1, 0.15) is 38.5 Å². The molecule has 0 saturated carbocycles. The van der Waals surface area contributed by atoms with Crippen LogP contribution in [0.15, 0.2) is 12.2 Å². The van der Waals surface area contributed by atoms with Crippen LogP contribution in [0.4, 0.5) is 0 Å². The number of rotatable bonds is 9. The van der Waals surface area contributed by atoms with Crippen LogP contribution < -0.4 is 0 Å². The molecule has 1 rings (SSSR count). The summed E-state index contributed by atoms with van der Waals surface area (Å²) in [7, 11) is 3.00. The van der Waals surface area contributed by atoms with E-state index in [1.807, 2.05) is 0 Å². The Bertz CT molecular complexity index is 459. The third-order valence-corrected chi connectivity index (χ3v) is 3.20. The first-order valence-corrected chi connectivity index (χ1v) is 7.68. The maximum Gasteiger partial charge on any atom is 0.253 e. The molecule has 8 nitrogen and oxygen atoms in total. The second kappa shape index (κ2) is 13.1. The van der Waals surface area contributed by atoms with Crippen molar-refractivity contribution in [1.29, 1.82) is 0 Å². The number of allylic oxidation sites excluding steroid dienone is 1. The highest BCUT2D eigenvalue weighted by Gasteiger charge is 2.28. The first kappa shape index (κ1) is 21.6. The Kier molecular flexibility index (Phi) is 11.8. The minimum atomic E-state index is -0.248. The Morgan fingerprint density at radius 3 is 2.25 bits per heavy atom. The van der Waals surface area contributed by atoms with Crippen LogP contribution >= 0.6 is 0 Å². The molecule has 24 heavy (non-hydrogen) atoms. The number of hydrogen-bond donors (Lipinski definition) is 0. The predicted molar refractivity (Wildman–Crippen MR) is 85.5 cm³/mol. The highest BCUT2D eigenvalue weighted by molar-refractivity contribution is 6.00. The van der Waals surface area contributed by atoms with Gasteiger partial charge in [0.25, 0.3) is 11.8 Å². The van der Waals surface area contributed by atoms with Gasteiger partial charge in [0.1, 0.15) is 12.6 Å². The fourth-order valence-electron chi connectivity index (χ4n) is 1.87. The SMILES string of the molecule is CN(CCCCCC=O)C(=O)/C=C\C=O.CON1C(=O)CCC1=O. The third-order valence-electron chi connectivity index (χ3n) is 3.20. The molecule has 1 aliphatic heterocycles. The Morgan fingerprint density at radius 2 is 1.79 bits per heavy atom. The summed E-state index contributed by atoms with van der Waals surface area (Å²) in [5.41, 5.74) is 0. The van der Waals surface area contributed by atoms with E-state index in [4.69, 9.17) is 0 Å². The highest BCUT2D eigenvalue weighted by Crippen LogP contribution is 2.10.